The van der Waals surface area contributed by atoms with E-state index in [1.165, 1.54) is 5.39 Å². The number of fused-ring (bicyclic) bond motifs is 1. The number of carbonyl (C=O) groups excluding carboxylic acids is 1. The van der Waals surface area contributed by atoms with Crippen molar-refractivity contribution >= 4 is 16.7 Å². The van der Waals surface area contributed by atoms with Crippen LogP contribution in [-0.2, 0) is 11.2 Å². The molecule has 2 rings (SSSR count). The first-order chi connectivity index (χ1) is 7.66. The molecule has 1 atom stereocenters. The smallest absolute Gasteiger partial charge is 0.234 e. The van der Waals surface area contributed by atoms with Crippen molar-refractivity contribution < 1.29 is 4.79 Å². The normalized spacial score (nSPS) is 12.6. The van der Waals surface area contributed by atoms with Crippen molar-refractivity contribution in [2.24, 2.45) is 11.5 Å². The highest BCUT2D eigenvalue weighted by Crippen LogP contribution is 2.16. The summed E-state index contributed by atoms with van der Waals surface area (Å²) in [6, 6.07) is 13.5. The Morgan fingerprint density at radius 2 is 1.81 bits per heavy atom. The van der Waals surface area contributed by atoms with Crippen LogP contribution in [0.5, 0.6) is 0 Å². The molecule has 0 bridgehead atoms. The third-order valence-electron chi connectivity index (χ3n) is 2.63. The maximum Gasteiger partial charge on any atom is 0.234 e. The van der Waals surface area contributed by atoms with Crippen LogP contribution in [0, 0.1) is 0 Å². The Bertz CT molecular complexity index is 522. The number of amides is 1. The van der Waals surface area contributed by atoms with Gasteiger partial charge in [-0.25, -0.2) is 0 Å². The molecule has 3 nitrogen and oxygen atoms in total. The summed E-state index contributed by atoms with van der Waals surface area (Å²) >= 11 is 0. The van der Waals surface area contributed by atoms with Gasteiger partial charge in [0.15, 0.2) is 0 Å². The van der Waals surface area contributed by atoms with Crippen molar-refractivity contribution in [1.29, 1.82) is 0 Å². The van der Waals surface area contributed by atoms with Crippen LogP contribution in [0.2, 0.25) is 0 Å². The van der Waals surface area contributed by atoms with E-state index in [2.05, 4.69) is 0 Å². The van der Waals surface area contributed by atoms with Crippen molar-refractivity contribution in [3.63, 3.8) is 0 Å². The number of rotatable bonds is 3. The van der Waals surface area contributed by atoms with Crippen molar-refractivity contribution in [3.05, 3.63) is 48.0 Å². The molecule has 16 heavy (non-hydrogen) atoms. The highest BCUT2D eigenvalue weighted by Gasteiger charge is 2.09. The number of hydrogen-bond acceptors (Lipinski definition) is 2. The highest BCUT2D eigenvalue weighted by molar-refractivity contribution is 5.84. The molecule has 0 radical (unpaired) electrons. The van der Waals surface area contributed by atoms with Crippen molar-refractivity contribution in [2.75, 3.05) is 0 Å². The van der Waals surface area contributed by atoms with Gasteiger partial charge in [-0.05, 0) is 22.8 Å². The van der Waals surface area contributed by atoms with Crippen LogP contribution in [-0.4, -0.2) is 11.9 Å². The van der Waals surface area contributed by atoms with Gasteiger partial charge in [-0.1, -0.05) is 42.5 Å². The zero-order valence-electron chi connectivity index (χ0n) is 8.89. The molecule has 1 amide bonds. The predicted molar refractivity (Wildman–Crippen MR) is 64.8 cm³/mol. The van der Waals surface area contributed by atoms with E-state index in [-0.39, 0.29) is 0 Å². The van der Waals surface area contributed by atoms with E-state index in [1.54, 1.807) is 0 Å². The summed E-state index contributed by atoms with van der Waals surface area (Å²) < 4.78 is 0. The molecule has 2 aromatic carbocycles. The van der Waals surface area contributed by atoms with Gasteiger partial charge in [0.25, 0.3) is 0 Å². The highest BCUT2D eigenvalue weighted by atomic mass is 16.1. The van der Waals surface area contributed by atoms with E-state index in [4.69, 9.17) is 11.5 Å². The number of primary amides is 1. The van der Waals surface area contributed by atoms with Crippen molar-refractivity contribution in [3.8, 4) is 0 Å². The van der Waals surface area contributed by atoms with E-state index < -0.39 is 11.9 Å². The molecule has 0 aliphatic rings. The molecular formula is C13H14N2O. The quantitative estimate of drug-likeness (QED) is 0.805. The second-order valence-corrected chi connectivity index (χ2v) is 3.89. The molecule has 0 fully saturated rings. The monoisotopic (exact) mass is 214 g/mol. The Morgan fingerprint density at radius 1 is 1.12 bits per heavy atom. The van der Waals surface area contributed by atoms with Crippen LogP contribution in [0.4, 0.5) is 0 Å². The Balaban J connectivity index is 2.29. The van der Waals surface area contributed by atoms with Gasteiger partial charge in [-0.15, -0.1) is 0 Å². The largest absolute Gasteiger partial charge is 0.368 e. The zero-order chi connectivity index (χ0) is 11.5. The van der Waals surface area contributed by atoms with Crippen molar-refractivity contribution in [2.45, 2.75) is 12.5 Å². The molecule has 0 spiro atoms. The standard InChI is InChI=1S/C13H14N2O/c14-12(13(15)16)8-9-5-6-10-3-1-2-4-11(10)7-9/h1-7,12H,8,14H2,(H2,15,16)/t12-/m1/s1. The second-order valence-electron chi connectivity index (χ2n) is 3.89. The molecule has 0 unspecified atom stereocenters. The molecule has 0 saturated heterocycles. The van der Waals surface area contributed by atoms with Gasteiger partial charge in [-0.3, -0.25) is 4.79 Å². The number of nitrogens with two attached hydrogens (primary N) is 2. The van der Waals surface area contributed by atoms with Crippen LogP contribution in [0.15, 0.2) is 42.5 Å². The predicted octanol–water partition coefficient (Wildman–Crippen LogP) is 1.19. The molecule has 2 aromatic rings. The second kappa shape index (κ2) is 4.33. The summed E-state index contributed by atoms with van der Waals surface area (Å²) in [5.74, 6) is -0.465. The summed E-state index contributed by atoms with van der Waals surface area (Å²) in [5.41, 5.74) is 11.8. The van der Waals surface area contributed by atoms with Crippen LogP contribution < -0.4 is 11.5 Å². The fourth-order valence-electron chi connectivity index (χ4n) is 1.72. The van der Waals surface area contributed by atoms with Gasteiger partial charge in [0, 0.05) is 0 Å². The lowest BCUT2D eigenvalue weighted by Gasteiger charge is -2.08. The van der Waals surface area contributed by atoms with Gasteiger partial charge >= 0.3 is 0 Å². The third-order valence-corrected chi connectivity index (χ3v) is 2.63. The van der Waals surface area contributed by atoms with E-state index in [1.807, 2.05) is 42.5 Å². The Hall–Kier alpha value is -1.87. The average molecular weight is 214 g/mol. The summed E-state index contributed by atoms with van der Waals surface area (Å²) in [5, 5.41) is 2.33. The maximum atomic E-state index is 10.9. The minimum Gasteiger partial charge on any atom is -0.368 e. The van der Waals surface area contributed by atoms with E-state index >= 15 is 0 Å². The first-order valence-corrected chi connectivity index (χ1v) is 5.19. The van der Waals surface area contributed by atoms with E-state index in [9.17, 15) is 4.79 Å². The molecule has 4 N–H and O–H groups in total. The molecule has 0 heterocycles. The van der Waals surface area contributed by atoms with Crippen LogP contribution in [0.3, 0.4) is 0 Å². The first-order valence-electron chi connectivity index (χ1n) is 5.19. The minimum atomic E-state index is -0.610. The Labute approximate surface area is 94.0 Å². The van der Waals surface area contributed by atoms with Crippen molar-refractivity contribution in [1.82, 2.24) is 0 Å². The van der Waals surface area contributed by atoms with Crippen LogP contribution in [0.25, 0.3) is 10.8 Å². The fourth-order valence-corrected chi connectivity index (χ4v) is 1.72. The van der Waals surface area contributed by atoms with Gasteiger partial charge in [-0.2, -0.15) is 0 Å². The minimum absolute atomic E-state index is 0.465. The lowest BCUT2D eigenvalue weighted by Crippen LogP contribution is -2.38. The zero-order valence-corrected chi connectivity index (χ0v) is 8.89. The van der Waals surface area contributed by atoms with Gasteiger partial charge in [0.2, 0.25) is 5.91 Å². The molecule has 0 aliphatic carbocycles. The summed E-state index contributed by atoms with van der Waals surface area (Å²) in [7, 11) is 0. The molecule has 82 valence electrons. The fraction of sp³-hybridized carbons (Fsp3) is 0.154. The summed E-state index contributed by atoms with van der Waals surface area (Å²) in [6.07, 6.45) is 0.486. The Kier molecular flexibility index (Phi) is 2.88. The van der Waals surface area contributed by atoms with Crippen LogP contribution >= 0.6 is 0 Å². The number of benzene rings is 2. The third kappa shape index (κ3) is 2.20. The number of hydrogen-bond donors (Lipinski definition) is 2. The topological polar surface area (TPSA) is 69.1 Å². The lowest BCUT2D eigenvalue weighted by atomic mass is 10.0. The molecule has 0 aliphatic heterocycles. The van der Waals surface area contributed by atoms with E-state index in [0.29, 0.717) is 6.42 Å². The molecule has 0 saturated carbocycles. The average Bonchev–Trinajstić information content (AvgIpc) is 2.28. The molecule has 3 heteroatoms. The molecular weight excluding hydrogens is 200 g/mol. The SMILES string of the molecule is NC(=O)[C@H](N)Cc1ccc2ccccc2c1. The van der Waals surface area contributed by atoms with Gasteiger partial charge < -0.3 is 11.5 Å². The summed E-state index contributed by atoms with van der Waals surface area (Å²) in [6.45, 7) is 0. The van der Waals surface area contributed by atoms with Crippen LogP contribution in [0.1, 0.15) is 5.56 Å². The van der Waals surface area contributed by atoms with E-state index in [0.717, 1.165) is 10.9 Å². The maximum absolute atomic E-state index is 10.9. The lowest BCUT2D eigenvalue weighted by molar-refractivity contribution is -0.119. The summed E-state index contributed by atoms with van der Waals surface area (Å²) in [4.78, 5) is 10.9. The van der Waals surface area contributed by atoms with Gasteiger partial charge in [0.1, 0.15) is 0 Å². The van der Waals surface area contributed by atoms with Gasteiger partial charge in [0.05, 0.1) is 6.04 Å². The first kappa shape index (κ1) is 10.6. The molecule has 0 aromatic heterocycles. The Morgan fingerprint density at radius 3 is 2.50 bits per heavy atom. The number of carbonyl (C=O) groups is 1.